The van der Waals surface area contributed by atoms with E-state index in [0.29, 0.717) is 12.5 Å². The second kappa shape index (κ2) is 10.1. The molecule has 2 heterocycles. The number of nitrogens with zero attached hydrogens (tertiary/aromatic N) is 2. The van der Waals surface area contributed by atoms with Gasteiger partial charge in [-0.25, -0.2) is 0 Å². The van der Waals surface area contributed by atoms with Crippen molar-refractivity contribution in [2.45, 2.75) is 38.0 Å². The number of hydrogen-bond acceptors (Lipinski definition) is 3. The average molecular weight is 426 g/mol. The predicted octanol–water partition coefficient (Wildman–Crippen LogP) is 4.22. The molecule has 2 aromatic carbocycles. The molecule has 6 heteroatoms. The van der Waals surface area contributed by atoms with Crippen LogP contribution in [0.5, 0.6) is 0 Å². The van der Waals surface area contributed by atoms with Gasteiger partial charge in [0.1, 0.15) is 0 Å². The van der Waals surface area contributed by atoms with E-state index in [1.807, 2.05) is 58.3 Å². The van der Waals surface area contributed by atoms with Crippen LogP contribution in [0.15, 0.2) is 60.7 Å². The van der Waals surface area contributed by atoms with Gasteiger partial charge in [0.05, 0.1) is 12.8 Å². The first-order chi connectivity index (χ1) is 14.3. The van der Waals surface area contributed by atoms with Gasteiger partial charge >= 0.3 is 0 Å². The summed E-state index contributed by atoms with van der Waals surface area (Å²) in [4.78, 5) is 27.2. The Morgan fingerprint density at radius 2 is 1.37 bits per heavy atom. The van der Waals surface area contributed by atoms with Crippen molar-refractivity contribution < 1.29 is 14.2 Å². The maximum Gasteiger partial charge on any atom is 0.233 e. The molecule has 0 spiro atoms. The number of amides is 2. The Balaban J connectivity index is 0.000000177. The lowest BCUT2D eigenvalue weighted by Crippen LogP contribution is -2.28. The molecule has 2 fully saturated rings. The largest absolute Gasteiger partial charge is 0.338 e. The van der Waals surface area contributed by atoms with Crippen LogP contribution in [-0.4, -0.2) is 53.7 Å². The van der Waals surface area contributed by atoms with Crippen LogP contribution in [0.25, 0.3) is 0 Å². The van der Waals surface area contributed by atoms with Gasteiger partial charge in [-0.15, -0.1) is 0 Å². The molecular weight excluding hydrogens is 395 g/mol. The van der Waals surface area contributed by atoms with E-state index in [2.05, 4.69) is 12.1 Å². The molecule has 0 aliphatic carbocycles. The van der Waals surface area contributed by atoms with Crippen molar-refractivity contribution in [3.63, 3.8) is 0 Å². The highest BCUT2D eigenvalue weighted by atomic mass is 31.2. The zero-order chi connectivity index (χ0) is 21.6. The molecule has 0 N–H and O–H groups in total. The summed E-state index contributed by atoms with van der Waals surface area (Å²) in [5.41, 5.74) is 2.09. The molecule has 160 valence electrons. The first kappa shape index (κ1) is 22.3. The first-order valence-electron chi connectivity index (χ1n) is 10.5. The van der Waals surface area contributed by atoms with Crippen molar-refractivity contribution in [2.24, 2.45) is 0 Å². The second-order valence-electron chi connectivity index (χ2n) is 8.39. The Kier molecular flexibility index (Phi) is 7.49. The number of rotatable bonds is 5. The molecule has 2 saturated heterocycles. The minimum Gasteiger partial charge on any atom is -0.338 e. The quantitative estimate of drug-likeness (QED) is 0.673. The maximum absolute atomic E-state index is 12.1. The van der Waals surface area contributed by atoms with Crippen LogP contribution in [0.3, 0.4) is 0 Å². The summed E-state index contributed by atoms with van der Waals surface area (Å²) in [6.45, 7) is 6.48. The van der Waals surface area contributed by atoms with E-state index in [0.717, 1.165) is 44.5 Å². The number of carbonyl (C=O) groups excluding carboxylic acids is 2. The Morgan fingerprint density at radius 1 is 0.833 bits per heavy atom. The lowest BCUT2D eigenvalue weighted by molar-refractivity contribution is -0.128. The number of likely N-dealkylation sites (tertiary alicyclic amines) is 2. The van der Waals surface area contributed by atoms with Gasteiger partial charge in [0.15, 0.2) is 0 Å². The summed E-state index contributed by atoms with van der Waals surface area (Å²) >= 11 is 0. The summed E-state index contributed by atoms with van der Waals surface area (Å²) in [6, 6.07) is 20.1. The molecule has 4 rings (SSSR count). The normalized spacial score (nSPS) is 19.1. The number of hydrogen-bond donors (Lipinski definition) is 0. The van der Waals surface area contributed by atoms with Crippen LogP contribution in [0.4, 0.5) is 0 Å². The van der Waals surface area contributed by atoms with Crippen LogP contribution in [0.1, 0.15) is 30.4 Å². The molecule has 0 radical (unpaired) electrons. The van der Waals surface area contributed by atoms with Crippen LogP contribution >= 0.6 is 7.14 Å². The summed E-state index contributed by atoms with van der Waals surface area (Å²) in [6.07, 6.45) is 2.48. The summed E-state index contributed by atoms with van der Waals surface area (Å²) in [5, 5.41) is 0. The summed E-state index contributed by atoms with van der Waals surface area (Å²) < 4.78 is 12.0. The molecule has 2 aliphatic heterocycles. The van der Waals surface area contributed by atoms with Gasteiger partial charge in [0, 0.05) is 32.6 Å². The Labute approximate surface area is 179 Å². The molecular formula is C24H31N2O3P. The van der Waals surface area contributed by atoms with Gasteiger partial charge in [-0.1, -0.05) is 60.7 Å². The standard InChI is InChI=1S/C13H18NO2P.C11H13NO/c1-17(2,16)12-8-9-14(13(12)15)10-11-6-4-3-5-7-11;13-11-7-4-8-12(11)9-10-5-2-1-3-6-10/h3-7,12H,8-10H2,1-2H3;1-3,5-6H,4,7-9H2. The maximum atomic E-state index is 12.1. The topological polar surface area (TPSA) is 57.7 Å². The fraction of sp³-hybridized carbons (Fsp3) is 0.417. The van der Waals surface area contributed by atoms with Gasteiger partial charge in [0.2, 0.25) is 11.8 Å². The minimum atomic E-state index is -2.30. The molecule has 30 heavy (non-hydrogen) atoms. The van der Waals surface area contributed by atoms with Crippen LogP contribution < -0.4 is 0 Å². The molecule has 1 atom stereocenters. The van der Waals surface area contributed by atoms with E-state index in [1.54, 1.807) is 13.3 Å². The lowest BCUT2D eigenvalue weighted by atomic mass is 10.2. The fourth-order valence-electron chi connectivity index (χ4n) is 3.94. The smallest absolute Gasteiger partial charge is 0.233 e. The SMILES string of the molecule is CP(C)(=O)C1CCN(Cc2ccccc2)C1=O.O=C1CCCN1Cc1ccccc1. The third-order valence-corrected chi connectivity index (χ3v) is 7.60. The molecule has 0 saturated carbocycles. The lowest BCUT2D eigenvalue weighted by Gasteiger charge is -2.18. The highest BCUT2D eigenvalue weighted by Crippen LogP contribution is 2.47. The molecule has 0 aromatic heterocycles. The van der Waals surface area contributed by atoms with Crippen molar-refractivity contribution >= 4 is 19.0 Å². The zero-order valence-electron chi connectivity index (χ0n) is 17.9. The summed E-state index contributed by atoms with van der Waals surface area (Å²) in [5.74, 6) is 0.353. The number of carbonyl (C=O) groups is 2. The van der Waals surface area contributed by atoms with E-state index in [-0.39, 0.29) is 11.6 Å². The van der Waals surface area contributed by atoms with Crippen molar-refractivity contribution in [3.05, 3.63) is 71.8 Å². The highest BCUT2D eigenvalue weighted by Gasteiger charge is 2.38. The fourth-order valence-corrected chi connectivity index (χ4v) is 5.37. The van der Waals surface area contributed by atoms with Gasteiger partial charge in [-0.05, 0) is 37.3 Å². The third kappa shape index (κ3) is 6.06. The summed E-state index contributed by atoms with van der Waals surface area (Å²) in [7, 11) is -2.30. The average Bonchev–Trinajstić information content (AvgIpc) is 3.29. The molecule has 5 nitrogen and oxygen atoms in total. The van der Waals surface area contributed by atoms with E-state index in [4.69, 9.17) is 0 Å². The van der Waals surface area contributed by atoms with Crippen LogP contribution in [-0.2, 0) is 27.2 Å². The van der Waals surface area contributed by atoms with Gasteiger partial charge < -0.3 is 14.4 Å². The van der Waals surface area contributed by atoms with E-state index >= 15 is 0 Å². The molecule has 1 unspecified atom stereocenters. The Bertz CT molecular complexity index is 895. The van der Waals surface area contributed by atoms with E-state index in [9.17, 15) is 14.2 Å². The monoisotopic (exact) mass is 426 g/mol. The Hall–Kier alpha value is -2.39. The van der Waals surface area contributed by atoms with E-state index < -0.39 is 7.14 Å². The van der Waals surface area contributed by atoms with Crippen LogP contribution in [0, 0.1) is 0 Å². The zero-order valence-corrected chi connectivity index (χ0v) is 18.8. The van der Waals surface area contributed by atoms with Gasteiger partial charge in [-0.3, -0.25) is 9.59 Å². The molecule has 2 aromatic rings. The van der Waals surface area contributed by atoms with Gasteiger partial charge in [0.25, 0.3) is 0 Å². The molecule has 2 aliphatic rings. The first-order valence-corrected chi connectivity index (χ1v) is 13.2. The van der Waals surface area contributed by atoms with Crippen LogP contribution in [0.2, 0.25) is 0 Å². The van der Waals surface area contributed by atoms with E-state index in [1.165, 1.54) is 5.56 Å². The van der Waals surface area contributed by atoms with Crippen molar-refractivity contribution in [1.29, 1.82) is 0 Å². The second-order valence-corrected chi connectivity index (χ2v) is 11.9. The molecule has 0 bridgehead atoms. The highest BCUT2D eigenvalue weighted by molar-refractivity contribution is 7.64. The third-order valence-electron chi connectivity index (χ3n) is 5.62. The van der Waals surface area contributed by atoms with Crippen molar-refractivity contribution in [1.82, 2.24) is 9.80 Å². The number of benzene rings is 2. The van der Waals surface area contributed by atoms with Crippen molar-refractivity contribution in [3.8, 4) is 0 Å². The Morgan fingerprint density at radius 3 is 1.80 bits per heavy atom. The van der Waals surface area contributed by atoms with Crippen molar-refractivity contribution in [2.75, 3.05) is 26.4 Å². The predicted molar refractivity (Wildman–Crippen MR) is 121 cm³/mol. The molecule has 2 amide bonds. The van der Waals surface area contributed by atoms with Gasteiger partial charge in [-0.2, -0.15) is 0 Å². The minimum absolute atomic E-state index is 0.0576.